The Morgan fingerprint density at radius 3 is 2.19 bits per heavy atom. The Kier molecular flexibility index (Phi) is 7.32. The van der Waals surface area contributed by atoms with Gasteiger partial charge in [0.15, 0.2) is 0 Å². The Bertz CT molecular complexity index is 506. The lowest BCUT2D eigenvalue weighted by Crippen LogP contribution is -2.39. The van der Waals surface area contributed by atoms with Crippen molar-refractivity contribution in [1.29, 1.82) is 0 Å². The third-order valence-electron chi connectivity index (χ3n) is 3.70. The van der Waals surface area contributed by atoms with E-state index in [1.807, 2.05) is 13.8 Å². The number of aryl methyl sites for hydroxylation is 1. The predicted molar refractivity (Wildman–Crippen MR) is 85.2 cm³/mol. The van der Waals surface area contributed by atoms with E-state index in [2.05, 4.69) is 6.92 Å². The first-order chi connectivity index (χ1) is 9.97. The van der Waals surface area contributed by atoms with Crippen molar-refractivity contribution in [2.75, 3.05) is 18.8 Å². The quantitative estimate of drug-likeness (QED) is 0.853. The van der Waals surface area contributed by atoms with E-state index in [1.54, 1.807) is 16.4 Å². The zero-order chi connectivity index (χ0) is 15.9. The number of rotatable bonds is 4. The van der Waals surface area contributed by atoms with Crippen LogP contribution >= 0.6 is 0 Å². The topological polar surface area (TPSA) is 37.4 Å². The van der Waals surface area contributed by atoms with Crippen molar-refractivity contribution < 1.29 is 12.8 Å². The number of piperidine rings is 1. The first kappa shape index (κ1) is 18.1. The molecular formula is C16H26FNO2S. The summed E-state index contributed by atoms with van der Waals surface area (Å²) in [7, 11) is -3.18. The van der Waals surface area contributed by atoms with Gasteiger partial charge in [-0.1, -0.05) is 32.9 Å². The van der Waals surface area contributed by atoms with Crippen LogP contribution in [0.2, 0.25) is 0 Å². The van der Waals surface area contributed by atoms with Crippen LogP contribution in [0.15, 0.2) is 24.3 Å². The lowest BCUT2D eigenvalue weighted by molar-refractivity contribution is 0.288. The van der Waals surface area contributed by atoms with E-state index in [1.165, 1.54) is 12.1 Å². The van der Waals surface area contributed by atoms with Gasteiger partial charge in [-0.15, -0.1) is 0 Å². The standard InChI is InChI=1S/C14H20FNO2S.C2H6/c1-12-6-9-16(10-7-12)19(17,18)11-8-13-2-4-14(15)5-3-13;1-2/h2-5,12H,6-11H2,1H3;1-2H3. The summed E-state index contributed by atoms with van der Waals surface area (Å²) in [6.45, 7) is 7.42. The van der Waals surface area contributed by atoms with E-state index in [0.717, 1.165) is 18.4 Å². The molecule has 1 fully saturated rings. The summed E-state index contributed by atoms with van der Waals surface area (Å²) in [4.78, 5) is 0. The van der Waals surface area contributed by atoms with Crippen molar-refractivity contribution in [3.8, 4) is 0 Å². The SMILES string of the molecule is CC.CC1CCN(S(=O)(=O)CCc2ccc(F)cc2)CC1. The van der Waals surface area contributed by atoms with Crippen molar-refractivity contribution in [2.45, 2.75) is 40.0 Å². The normalized spacial score (nSPS) is 17.1. The van der Waals surface area contributed by atoms with E-state index in [-0.39, 0.29) is 11.6 Å². The van der Waals surface area contributed by atoms with Gasteiger partial charge in [0.05, 0.1) is 5.75 Å². The molecule has 0 amide bonds. The number of nitrogens with zero attached hydrogens (tertiary/aromatic N) is 1. The van der Waals surface area contributed by atoms with E-state index in [4.69, 9.17) is 0 Å². The van der Waals surface area contributed by atoms with E-state index < -0.39 is 10.0 Å². The molecule has 0 spiro atoms. The second-order valence-corrected chi connectivity index (χ2v) is 7.36. The number of hydrogen-bond acceptors (Lipinski definition) is 2. The van der Waals surface area contributed by atoms with Gasteiger partial charge in [0.2, 0.25) is 10.0 Å². The zero-order valence-electron chi connectivity index (χ0n) is 13.2. The summed E-state index contributed by atoms with van der Waals surface area (Å²) < 4.78 is 38.7. The van der Waals surface area contributed by atoms with Gasteiger partial charge in [-0.05, 0) is 42.9 Å². The van der Waals surface area contributed by atoms with Gasteiger partial charge in [-0.3, -0.25) is 0 Å². The van der Waals surface area contributed by atoms with Crippen LogP contribution in [0.1, 0.15) is 39.2 Å². The summed E-state index contributed by atoms with van der Waals surface area (Å²) in [6, 6.07) is 6.02. The molecule has 5 heteroatoms. The zero-order valence-corrected chi connectivity index (χ0v) is 14.0. The number of hydrogen-bond donors (Lipinski definition) is 0. The van der Waals surface area contributed by atoms with Crippen LogP contribution in [0.4, 0.5) is 4.39 Å². The van der Waals surface area contributed by atoms with Crippen LogP contribution in [0.3, 0.4) is 0 Å². The van der Waals surface area contributed by atoms with Gasteiger partial charge in [0.1, 0.15) is 5.82 Å². The second kappa shape index (κ2) is 8.49. The monoisotopic (exact) mass is 315 g/mol. The van der Waals surface area contributed by atoms with E-state index >= 15 is 0 Å². The fourth-order valence-corrected chi connectivity index (χ4v) is 3.81. The lowest BCUT2D eigenvalue weighted by Gasteiger charge is -2.29. The summed E-state index contributed by atoms with van der Waals surface area (Å²) in [5.41, 5.74) is 0.857. The first-order valence-electron chi connectivity index (χ1n) is 7.69. The molecule has 1 saturated heterocycles. The molecule has 1 aliphatic heterocycles. The molecule has 1 aliphatic rings. The molecule has 0 aliphatic carbocycles. The fraction of sp³-hybridized carbons (Fsp3) is 0.625. The molecule has 0 bridgehead atoms. The Labute approximate surface area is 128 Å². The number of sulfonamides is 1. The highest BCUT2D eigenvalue weighted by molar-refractivity contribution is 7.89. The van der Waals surface area contributed by atoms with Gasteiger partial charge in [-0.25, -0.2) is 17.1 Å². The maximum atomic E-state index is 12.8. The largest absolute Gasteiger partial charge is 0.214 e. The molecule has 1 heterocycles. The first-order valence-corrected chi connectivity index (χ1v) is 9.30. The molecule has 1 aromatic rings. The predicted octanol–water partition coefficient (Wildman–Crippen LogP) is 3.46. The van der Waals surface area contributed by atoms with Crippen LogP contribution in [0.5, 0.6) is 0 Å². The van der Waals surface area contributed by atoms with Crippen molar-refractivity contribution in [3.05, 3.63) is 35.6 Å². The highest BCUT2D eigenvalue weighted by Gasteiger charge is 2.25. The smallest absolute Gasteiger partial charge is 0.212 e. The summed E-state index contributed by atoms with van der Waals surface area (Å²) in [6.07, 6.45) is 2.32. The van der Waals surface area contributed by atoms with Gasteiger partial charge in [-0.2, -0.15) is 0 Å². The Balaban J connectivity index is 0.00000106. The third-order valence-corrected chi connectivity index (χ3v) is 5.57. The lowest BCUT2D eigenvalue weighted by atomic mass is 10.0. The Hall–Kier alpha value is -0.940. The van der Waals surface area contributed by atoms with Crippen LogP contribution in [0, 0.1) is 11.7 Å². The Morgan fingerprint density at radius 1 is 1.14 bits per heavy atom. The molecule has 3 nitrogen and oxygen atoms in total. The number of benzene rings is 1. The summed E-state index contributed by atoms with van der Waals surface area (Å²) in [5, 5.41) is 0. The highest BCUT2D eigenvalue weighted by Crippen LogP contribution is 2.19. The summed E-state index contributed by atoms with van der Waals surface area (Å²) in [5.74, 6) is 0.424. The molecule has 0 atom stereocenters. The molecule has 0 radical (unpaired) electrons. The van der Waals surface area contributed by atoms with E-state index in [0.29, 0.717) is 25.4 Å². The molecule has 21 heavy (non-hydrogen) atoms. The molecule has 0 unspecified atom stereocenters. The summed E-state index contributed by atoms with van der Waals surface area (Å²) >= 11 is 0. The average molecular weight is 315 g/mol. The number of halogens is 1. The van der Waals surface area contributed by atoms with E-state index in [9.17, 15) is 12.8 Å². The van der Waals surface area contributed by atoms with Crippen molar-refractivity contribution in [1.82, 2.24) is 4.31 Å². The molecule has 1 aromatic carbocycles. The van der Waals surface area contributed by atoms with Crippen LogP contribution in [0.25, 0.3) is 0 Å². The Morgan fingerprint density at radius 2 is 1.67 bits per heavy atom. The molecule has 0 aromatic heterocycles. The maximum absolute atomic E-state index is 12.8. The second-order valence-electron chi connectivity index (χ2n) is 5.27. The minimum atomic E-state index is -3.18. The van der Waals surface area contributed by atoms with Crippen molar-refractivity contribution in [2.24, 2.45) is 5.92 Å². The minimum absolute atomic E-state index is 0.104. The van der Waals surface area contributed by atoms with Crippen molar-refractivity contribution in [3.63, 3.8) is 0 Å². The third kappa shape index (κ3) is 5.75. The van der Waals surface area contributed by atoms with Gasteiger partial charge < -0.3 is 0 Å². The van der Waals surface area contributed by atoms with Crippen LogP contribution in [-0.4, -0.2) is 31.6 Å². The maximum Gasteiger partial charge on any atom is 0.214 e. The van der Waals surface area contributed by atoms with Crippen LogP contribution < -0.4 is 0 Å². The van der Waals surface area contributed by atoms with Crippen LogP contribution in [-0.2, 0) is 16.4 Å². The van der Waals surface area contributed by atoms with Gasteiger partial charge in [0.25, 0.3) is 0 Å². The molecule has 120 valence electrons. The molecule has 0 saturated carbocycles. The van der Waals surface area contributed by atoms with Crippen molar-refractivity contribution >= 4 is 10.0 Å². The van der Waals surface area contributed by atoms with Gasteiger partial charge >= 0.3 is 0 Å². The molecular weight excluding hydrogens is 289 g/mol. The fourth-order valence-electron chi connectivity index (χ4n) is 2.29. The minimum Gasteiger partial charge on any atom is -0.212 e. The average Bonchev–Trinajstić information content (AvgIpc) is 2.49. The highest BCUT2D eigenvalue weighted by atomic mass is 32.2. The van der Waals surface area contributed by atoms with Gasteiger partial charge in [0, 0.05) is 13.1 Å². The molecule has 0 N–H and O–H groups in total. The molecule has 2 rings (SSSR count).